The van der Waals surface area contributed by atoms with Gasteiger partial charge < -0.3 is 15.0 Å². The first-order valence-corrected chi connectivity index (χ1v) is 9.76. The van der Waals surface area contributed by atoms with Crippen LogP contribution in [-0.2, 0) is 11.3 Å². The Morgan fingerprint density at radius 3 is 2.79 bits per heavy atom. The third-order valence-electron chi connectivity index (χ3n) is 5.10. The molecule has 0 radical (unpaired) electrons. The minimum absolute atomic E-state index is 0.0457. The van der Waals surface area contributed by atoms with Gasteiger partial charge in [0.15, 0.2) is 0 Å². The van der Waals surface area contributed by atoms with Crippen molar-refractivity contribution in [3.05, 3.63) is 52.8 Å². The van der Waals surface area contributed by atoms with Crippen molar-refractivity contribution in [1.82, 2.24) is 20.0 Å². The minimum atomic E-state index is -0.233. The Morgan fingerprint density at radius 1 is 1.25 bits per heavy atom. The van der Waals surface area contributed by atoms with Crippen molar-refractivity contribution in [2.45, 2.75) is 39.8 Å². The van der Waals surface area contributed by atoms with Gasteiger partial charge in [0.05, 0.1) is 17.9 Å². The van der Waals surface area contributed by atoms with Crippen LogP contribution in [0, 0.1) is 13.8 Å². The molecular weight excluding hydrogens is 356 g/mol. The first-order valence-electron chi connectivity index (χ1n) is 9.76. The number of amides is 2. The molecule has 1 saturated heterocycles. The molecule has 1 N–H and O–H groups in total. The summed E-state index contributed by atoms with van der Waals surface area (Å²) in [6, 6.07) is 5.66. The second-order valence-electron chi connectivity index (χ2n) is 7.19. The average Bonchev–Trinajstić information content (AvgIpc) is 3.06. The number of carbonyl (C=O) groups is 2. The summed E-state index contributed by atoms with van der Waals surface area (Å²) in [5.41, 5.74) is 3.46. The van der Waals surface area contributed by atoms with Gasteiger partial charge >= 0.3 is 0 Å². The van der Waals surface area contributed by atoms with Crippen LogP contribution >= 0.6 is 0 Å². The van der Waals surface area contributed by atoms with Crippen molar-refractivity contribution in [2.24, 2.45) is 0 Å². The predicted octanol–water partition coefficient (Wildman–Crippen LogP) is 2.18. The average molecular weight is 384 g/mol. The summed E-state index contributed by atoms with van der Waals surface area (Å²) in [6.07, 6.45) is 3.91. The first kappa shape index (κ1) is 20.1. The van der Waals surface area contributed by atoms with E-state index in [9.17, 15) is 9.59 Å². The second kappa shape index (κ2) is 9.01. The summed E-state index contributed by atoms with van der Waals surface area (Å²) >= 11 is 0. The molecule has 1 unspecified atom stereocenters. The number of benzene rings is 1. The Balaban J connectivity index is 1.59. The van der Waals surface area contributed by atoms with Crippen LogP contribution in [0.15, 0.2) is 30.6 Å². The zero-order valence-electron chi connectivity index (χ0n) is 16.8. The maximum Gasteiger partial charge on any atom is 0.257 e. The monoisotopic (exact) mass is 384 g/mol. The Labute approximate surface area is 165 Å². The highest BCUT2D eigenvalue weighted by Crippen LogP contribution is 2.12. The molecule has 28 heavy (non-hydrogen) atoms. The third kappa shape index (κ3) is 4.78. The molecule has 0 bridgehead atoms. The summed E-state index contributed by atoms with van der Waals surface area (Å²) in [7, 11) is 0. The van der Waals surface area contributed by atoms with E-state index in [0.29, 0.717) is 37.4 Å². The molecule has 1 aromatic heterocycles. The molecule has 1 atom stereocenters. The highest BCUT2D eigenvalue weighted by Gasteiger charge is 2.24. The lowest BCUT2D eigenvalue weighted by Crippen LogP contribution is -2.42. The number of aryl methyl sites for hydroxylation is 3. The van der Waals surface area contributed by atoms with Gasteiger partial charge in [0, 0.05) is 44.5 Å². The molecule has 7 heteroatoms. The van der Waals surface area contributed by atoms with E-state index in [4.69, 9.17) is 4.74 Å². The molecule has 7 nitrogen and oxygen atoms in total. The minimum Gasteiger partial charge on any atom is -0.374 e. The molecule has 1 aliphatic heterocycles. The van der Waals surface area contributed by atoms with Gasteiger partial charge in [0.1, 0.15) is 0 Å². The van der Waals surface area contributed by atoms with Gasteiger partial charge in [0.2, 0.25) is 0 Å². The Kier molecular flexibility index (Phi) is 6.46. The summed E-state index contributed by atoms with van der Waals surface area (Å²) < 4.78 is 7.58. The highest BCUT2D eigenvalue weighted by molar-refractivity contribution is 5.94. The summed E-state index contributed by atoms with van der Waals surface area (Å²) in [6.45, 7) is 8.74. The fraction of sp³-hybridized carbons (Fsp3) is 0.476. The second-order valence-corrected chi connectivity index (χ2v) is 7.19. The SMILES string of the molecule is CCn1cc(C(=O)N2CCCOC(CNC(=O)c3ccc(C)c(C)c3)C2)cn1. The highest BCUT2D eigenvalue weighted by atomic mass is 16.5. The molecule has 1 fully saturated rings. The summed E-state index contributed by atoms with van der Waals surface area (Å²) in [5.74, 6) is -0.172. The van der Waals surface area contributed by atoms with Gasteiger partial charge in [-0.25, -0.2) is 0 Å². The number of aromatic nitrogens is 2. The number of carbonyl (C=O) groups excluding carboxylic acids is 2. The van der Waals surface area contributed by atoms with Crippen LogP contribution in [0.25, 0.3) is 0 Å². The van der Waals surface area contributed by atoms with Crippen LogP contribution in [0.2, 0.25) is 0 Å². The number of hydrogen-bond acceptors (Lipinski definition) is 4. The van der Waals surface area contributed by atoms with E-state index in [1.54, 1.807) is 22.0 Å². The number of ether oxygens (including phenoxy) is 1. The first-order chi connectivity index (χ1) is 13.5. The molecule has 1 aromatic carbocycles. The Morgan fingerprint density at radius 2 is 2.07 bits per heavy atom. The number of hydrogen-bond donors (Lipinski definition) is 1. The molecule has 0 aliphatic carbocycles. The fourth-order valence-electron chi connectivity index (χ4n) is 3.22. The quantitative estimate of drug-likeness (QED) is 0.857. The molecule has 150 valence electrons. The predicted molar refractivity (Wildman–Crippen MR) is 106 cm³/mol. The van der Waals surface area contributed by atoms with Gasteiger partial charge in [-0.05, 0) is 50.5 Å². The van der Waals surface area contributed by atoms with Gasteiger partial charge in [-0.1, -0.05) is 6.07 Å². The van der Waals surface area contributed by atoms with Gasteiger partial charge in [-0.15, -0.1) is 0 Å². The van der Waals surface area contributed by atoms with Gasteiger partial charge in [0.25, 0.3) is 11.8 Å². The van der Waals surface area contributed by atoms with Crippen molar-refractivity contribution in [3.8, 4) is 0 Å². The van der Waals surface area contributed by atoms with Crippen molar-refractivity contribution >= 4 is 11.8 Å². The van der Waals surface area contributed by atoms with Crippen molar-refractivity contribution < 1.29 is 14.3 Å². The lowest BCUT2D eigenvalue weighted by atomic mass is 10.1. The summed E-state index contributed by atoms with van der Waals surface area (Å²) in [4.78, 5) is 27.0. The van der Waals surface area contributed by atoms with E-state index in [-0.39, 0.29) is 17.9 Å². The van der Waals surface area contributed by atoms with Crippen LogP contribution in [0.5, 0.6) is 0 Å². The fourth-order valence-corrected chi connectivity index (χ4v) is 3.22. The van der Waals surface area contributed by atoms with Crippen molar-refractivity contribution in [1.29, 1.82) is 0 Å². The lowest BCUT2D eigenvalue weighted by Gasteiger charge is -2.23. The molecule has 3 rings (SSSR count). The molecular formula is C21H28N4O3. The number of rotatable bonds is 5. The third-order valence-corrected chi connectivity index (χ3v) is 5.10. The molecule has 1 aliphatic rings. The molecule has 2 amide bonds. The van der Waals surface area contributed by atoms with E-state index in [0.717, 1.165) is 24.1 Å². The van der Waals surface area contributed by atoms with E-state index in [1.807, 2.05) is 39.0 Å². The topological polar surface area (TPSA) is 76.5 Å². The standard InChI is InChI=1S/C21H28N4O3/c1-4-25-13-18(11-23-25)21(27)24-8-5-9-28-19(14-24)12-22-20(26)17-7-6-15(2)16(3)10-17/h6-7,10-11,13,19H,4-5,8-9,12,14H2,1-3H3,(H,22,26). The van der Waals surface area contributed by atoms with Crippen LogP contribution in [0.4, 0.5) is 0 Å². The lowest BCUT2D eigenvalue weighted by molar-refractivity contribution is 0.0467. The van der Waals surface area contributed by atoms with Gasteiger partial charge in [-0.2, -0.15) is 5.10 Å². The zero-order chi connectivity index (χ0) is 20.1. The van der Waals surface area contributed by atoms with Crippen molar-refractivity contribution in [2.75, 3.05) is 26.2 Å². The van der Waals surface area contributed by atoms with Crippen LogP contribution < -0.4 is 5.32 Å². The largest absolute Gasteiger partial charge is 0.374 e. The Bertz CT molecular complexity index is 846. The smallest absolute Gasteiger partial charge is 0.257 e. The molecule has 0 saturated carbocycles. The van der Waals surface area contributed by atoms with E-state index < -0.39 is 0 Å². The van der Waals surface area contributed by atoms with Crippen LogP contribution in [0.1, 0.15) is 45.2 Å². The Hall–Kier alpha value is -2.67. The zero-order valence-corrected chi connectivity index (χ0v) is 16.8. The van der Waals surface area contributed by atoms with Gasteiger partial charge in [-0.3, -0.25) is 14.3 Å². The number of nitrogens with one attached hydrogen (secondary N) is 1. The van der Waals surface area contributed by atoms with Crippen LogP contribution in [0.3, 0.4) is 0 Å². The molecule has 2 aromatic rings. The maximum absolute atomic E-state index is 12.8. The van der Waals surface area contributed by atoms with E-state index >= 15 is 0 Å². The molecule has 0 spiro atoms. The van der Waals surface area contributed by atoms with Crippen molar-refractivity contribution in [3.63, 3.8) is 0 Å². The van der Waals surface area contributed by atoms with E-state index in [1.165, 1.54) is 0 Å². The maximum atomic E-state index is 12.8. The summed E-state index contributed by atoms with van der Waals surface area (Å²) in [5, 5.41) is 7.12. The van der Waals surface area contributed by atoms with Crippen LogP contribution in [-0.4, -0.2) is 58.8 Å². The normalized spacial score (nSPS) is 17.2. The number of nitrogens with zero attached hydrogens (tertiary/aromatic N) is 3. The molecule has 2 heterocycles. The van der Waals surface area contributed by atoms with E-state index in [2.05, 4.69) is 10.4 Å².